The summed E-state index contributed by atoms with van der Waals surface area (Å²) in [7, 11) is 0. The lowest BCUT2D eigenvalue weighted by molar-refractivity contribution is -0.139. The highest BCUT2D eigenvalue weighted by Gasteiger charge is 2.37. The highest BCUT2D eigenvalue weighted by atomic mass is 32.1. The van der Waals surface area contributed by atoms with Gasteiger partial charge < -0.3 is 4.98 Å². The minimum absolute atomic E-state index is 0.0469. The summed E-state index contributed by atoms with van der Waals surface area (Å²) >= 11 is 0.678. The van der Waals surface area contributed by atoms with Gasteiger partial charge in [0.05, 0.1) is 6.20 Å². The average Bonchev–Trinajstić information content (AvgIpc) is 2.91. The van der Waals surface area contributed by atoms with Crippen LogP contribution in [-0.2, 0) is 6.18 Å². The topological polar surface area (TPSA) is 54.5 Å². The molecule has 3 aromatic heterocycles. The van der Waals surface area contributed by atoms with Gasteiger partial charge in [-0.05, 0) is 11.5 Å². The van der Waals surface area contributed by atoms with Crippen molar-refractivity contribution >= 4 is 22.7 Å². The maximum absolute atomic E-state index is 13.0. The molecule has 0 saturated heterocycles. The smallest absolute Gasteiger partial charge is 0.344 e. The standard InChI is InChI=1S/C10H4F4N4S/c11-6-2-16-9-7(17-6)4(1-15-9)5-3-19-18-8(5)10(12,13)14/h1-3H,(H,15,16). The van der Waals surface area contributed by atoms with Crippen LogP contribution >= 0.6 is 11.5 Å². The zero-order valence-electron chi connectivity index (χ0n) is 8.99. The predicted molar refractivity (Wildman–Crippen MR) is 60.0 cm³/mol. The normalized spacial score (nSPS) is 12.2. The molecule has 0 aliphatic heterocycles. The number of hydrogen-bond donors (Lipinski definition) is 1. The van der Waals surface area contributed by atoms with Gasteiger partial charge in [-0.25, -0.2) is 9.97 Å². The van der Waals surface area contributed by atoms with E-state index in [0.29, 0.717) is 11.5 Å². The van der Waals surface area contributed by atoms with E-state index in [-0.39, 0.29) is 22.3 Å². The van der Waals surface area contributed by atoms with Gasteiger partial charge >= 0.3 is 6.18 Å². The first-order chi connectivity index (χ1) is 8.97. The van der Waals surface area contributed by atoms with Crippen LogP contribution in [0.4, 0.5) is 17.6 Å². The summed E-state index contributed by atoms with van der Waals surface area (Å²) in [6.45, 7) is 0. The molecule has 4 nitrogen and oxygen atoms in total. The number of hydrogen-bond acceptors (Lipinski definition) is 4. The molecule has 0 bridgehead atoms. The molecule has 0 aliphatic carbocycles. The lowest BCUT2D eigenvalue weighted by Gasteiger charge is -2.05. The number of alkyl halides is 3. The molecule has 0 unspecified atom stereocenters. The molecule has 3 heterocycles. The van der Waals surface area contributed by atoms with Crippen LogP contribution in [-0.4, -0.2) is 19.3 Å². The summed E-state index contributed by atoms with van der Waals surface area (Å²) in [5.74, 6) is -0.856. The Hall–Kier alpha value is -2.03. The number of aromatic amines is 1. The monoisotopic (exact) mass is 288 g/mol. The van der Waals surface area contributed by atoms with Crippen molar-refractivity contribution in [1.82, 2.24) is 19.3 Å². The first kappa shape index (κ1) is 12.0. The molecule has 0 spiro atoms. The Morgan fingerprint density at radius 3 is 2.74 bits per heavy atom. The Balaban J connectivity index is 2.26. The zero-order valence-corrected chi connectivity index (χ0v) is 9.81. The lowest BCUT2D eigenvalue weighted by Crippen LogP contribution is -2.06. The average molecular weight is 288 g/mol. The van der Waals surface area contributed by atoms with E-state index in [1.54, 1.807) is 0 Å². The van der Waals surface area contributed by atoms with Crippen LogP contribution in [0, 0.1) is 5.95 Å². The molecule has 1 N–H and O–H groups in total. The Morgan fingerprint density at radius 1 is 1.21 bits per heavy atom. The van der Waals surface area contributed by atoms with E-state index < -0.39 is 17.8 Å². The van der Waals surface area contributed by atoms with E-state index in [4.69, 9.17) is 0 Å². The van der Waals surface area contributed by atoms with Crippen LogP contribution in [0.15, 0.2) is 17.8 Å². The quantitative estimate of drug-likeness (QED) is 0.699. The summed E-state index contributed by atoms with van der Waals surface area (Å²) in [4.78, 5) is 9.93. The SMILES string of the molecule is Fc1cnc2[nH]cc(-c3csnc3C(F)(F)F)c2n1. The molecule has 0 aromatic carbocycles. The van der Waals surface area contributed by atoms with E-state index in [9.17, 15) is 17.6 Å². The molecule has 19 heavy (non-hydrogen) atoms. The fourth-order valence-corrected chi connectivity index (χ4v) is 2.41. The lowest BCUT2D eigenvalue weighted by atomic mass is 10.1. The van der Waals surface area contributed by atoms with Crippen LogP contribution < -0.4 is 0 Å². The van der Waals surface area contributed by atoms with Gasteiger partial charge in [0.25, 0.3) is 0 Å². The first-order valence-corrected chi connectivity index (χ1v) is 5.82. The number of fused-ring (bicyclic) bond motifs is 1. The van der Waals surface area contributed by atoms with Crippen molar-refractivity contribution in [2.45, 2.75) is 6.18 Å². The van der Waals surface area contributed by atoms with Gasteiger partial charge in [-0.2, -0.15) is 21.9 Å². The van der Waals surface area contributed by atoms with E-state index in [0.717, 1.165) is 6.20 Å². The van der Waals surface area contributed by atoms with Crippen LogP contribution in [0.5, 0.6) is 0 Å². The summed E-state index contributed by atoms with van der Waals surface area (Å²) < 4.78 is 54.7. The predicted octanol–water partition coefficient (Wildman–Crippen LogP) is 3.24. The molecule has 0 atom stereocenters. The molecule has 3 rings (SSSR count). The van der Waals surface area contributed by atoms with Crippen molar-refractivity contribution < 1.29 is 17.6 Å². The second-order valence-corrected chi connectivity index (χ2v) is 4.30. The van der Waals surface area contributed by atoms with E-state index >= 15 is 0 Å². The number of aromatic nitrogens is 4. The van der Waals surface area contributed by atoms with E-state index in [1.165, 1.54) is 11.6 Å². The third kappa shape index (κ3) is 1.95. The van der Waals surface area contributed by atoms with Crippen LogP contribution in [0.25, 0.3) is 22.3 Å². The number of H-pyrrole nitrogens is 1. The van der Waals surface area contributed by atoms with Gasteiger partial charge in [-0.1, -0.05) is 0 Å². The summed E-state index contributed by atoms with van der Waals surface area (Å²) in [6.07, 6.45) is -2.37. The number of nitrogens with one attached hydrogen (secondary N) is 1. The zero-order chi connectivity index (χ0) is 13.6. The number of halogens is 4. The molecule has 9 heteroatoms. The van der Waals surface area contributed by atoms with Crippen molar-refractivity contribution in [1.29, 1.82) is 0 Å². The minimum Gasteiger partial charge on any atom is -0.344 e. The van der Waals surface area contributed by atoms with Gasteiger partial charge in [0, 0.05) is 22.7 Å². The molecule has 0 saturated carbocycles. The first-order valence-electron chi connectivity index (χ1n) is 4.98. The van der Waals surface area contributed by atoms with E-state index in [1.807, 2.05) is 0 Å². The number of nitrogens with zero attached hydrogens (tertiary/aromatic N) is 3. The Bertz CT molecular complexity index is 745. The van der Waals surface area contributed by atoms with Crippen LogP contribution in [0.3, 0.4) is 0 Å². The molecule has 3 aromatic rings. The van der Waals surface area contributed by atoms with E-state index in [2.05, 4.69) is 19.3 Å². The van der Waals surface area contributed by atoms with Crippen LogP contribution in [0.2, 0.25) is 0 Å². The maximum Gasteiger partial charge on any atom is 0.435 e. The van der Waals surface area contributed by atoms with Crippen LogP contribution in [0.1, 0.15) is 5.69 Å². The highest BCUT2D eigenvalue weighted by molar-refractivity contribution is 7.04. The second-order valence-electron chi connectivity index (χ2n) is 3.67. The fourth-order valence-electron chi connectivity index (χ4n) is 1.71. The summed E-state index contributed by atoms with van der Waals surface area (Å²) in [5.41, 5.74) is -0.752. The van der Waals surface area contributed by atoms with Gasteiger partial charge in [0.15, 0.2) is 11.3 Å². The molecular formula is C10H4F4N4S. The van der Waals surface area contributed by atoms with Gasteiger partial charge in [0.2, 0.25) is 5.95 Å². The highest BCUT2D eigenvalue weighted by Crippen LogP contribution is 2.39. The summed E-state index contributed by atoms with van der Waals surface area (Å²) in [5, 5.41) is 1.25. The second kappa shape index (κ2) is 3.98. The van der Waals surface area contributed by atoms with Gasteiger partial charge in [-0.3, -0.25) is 0 Å². The largest absolute Gasteiger partial charge is 0.435 e. The Morgan fingerprint density at radius 2 is 2.00 bits per heavy atom. The van der Waals surface area contributed by atoms with Crippen molar-refractivity contribution in [3.05, 3.63) is 29.4 Å². The third-order valence-electron chi connectivity index (χ3n) is 2.48. The van der Waals surface area contributed by atoms with Crippen molar-refractivity contribution in [3.8, 4) is 11.1 Å². The third-order valence-corrected chi connectivity index (χ3v) is 3.11. The van der Waals surface area contributed by atoms with Crippen molar-refractivity contribution in [3.63, 3.8) is 0 Å². The molecule has 98 valence electrons. The molecule has 0 amide bonds. The molecular weight excluding hydrogens is 284 g/mol. The maximum atomic E-state index is 13.0. The Kier molecular flexibility index (Phi) is 2.52. The molecule has 0 aliphatic rings. The summed E-state index contributed by atoms with van der Waals surface area (Å²) in [6, 6.07) is 0. The number of rotatable bonds is 1. The molecule has 0 radical (unpaired) electrons. The van der Waals surface area contributed by atoms with Gasteiger partial charge in [0.1, 0.15) is 5.52 Å². The Labute approximate surface area is 107 Å². The fraction of sp³-hybridized carbons (Fsp3) is 0.100. The minimum atomic E-state index is -4.57. The van der Waals surface area contributed by atoms with Crippen molar-refractivity contribution in [2.24, 2.45) is 0 Å². The van der Waals surface area contributed by atoms with Gasteiger partial charge in [-0.15, -0.1) is 0 Å². The van der Waals surface area contributed by atoms with Crippen molar-refractivity contribution in [2.75, 3.05) is 0 Å². The molecule has 0 fully saturated rings.